The predicted octanol–water partition coefficient (Wildman–Crippen LogP) is 5.37. The summed E-state index contributed by atoms with van der Waals surface area (Å²) in [5.41, 5.74) is 4.09. The van der Waals surface area contributed by atoms with Crippen molar-refractivity contribution < 1.29 is 0 Å². The van der Waals surface area contributed by atoms with Crippen LogP contribution >= 0.6 is 0 Å². The van der Waals surface area contributed by atoms with Gasteiger partial charge in [0.25, 0.3) is 0 Å². The van der Waals surface area contributed by atoms with Crippen molar-refractivity contribution in [2.75, 3.05) is 0 Å². The first-order valence-electron chi connectivity index (χ1n) is 7.23. The van der Waals surface area contributed by atoms with E-state index in [4.69, 9.17) is 0 Å². The highest BCUT2D eigenvalue weighted by Gasteiger charge is 2.32. The average molecular weight is 260 g/mol. The molecule has 0 aromatic heterocycles. The van der Waals surface area contributed by atoms with Crippen LogP contribution in [0.25, 0.3) is 11.1 Å². The van der Waals surface area contributed by atoms with Crippen molar-refractivity contribution in [1.82, 2.24) is 0 Å². The summed E-state index contributed by atoms with van der Waals surface area (Å²) in [6.07, 6.45) is 8.94. The Bertz CT molecular complexity index is 649. The highest BCUT2D eigenvalue weighted by molar-refractivity contribution is 5.69. The molecule has 2 atom stereocenters. The van der Waals surface area contributed by atoms with Crippen molar-refractivity contribution in [3.63, 3.8) is 0 Å². The first kappa shape index (κ1) is 12.9. The molecule has 0 saturated carbocycles. The first-order valence-corrected chi connectivity index (χ1v) is 7.23. The van der Waals surface area contributed by atoms with E-state index in [9.17, 15) is 0 Å². The number of hydrogen-bond donors (Lipinski definition) is 0. The minimum absolute atomic E-state index is 0.0567. The maximum absolute atomic E-state index is 2.33. The molecule has 1 aliphatic carbocycles. The van der Waals surface area contributed by atoms with Crippen LogP contribution in [0.5, 0.6) is 0 Å². The molecule has 3 rings (SSSR count). The molecular formula is C20H20. The molecule has 0 radical (unpaired) electrons. The Labute approximate surface area is 121 Å². The minimum Gasteiger partial charge on any atom is -0.0805 e. The van der Waals surface area contributed by atoms with Crippen LogP contribution < -0.4 is 0 Å². The van der Waals surface area contributed by atoms with E-state index < -0.39 is 0 Å². The first-order chi connectivity index (χ1) is 9.72. The summed E-state index contributed by atoms with van der Waals surface area (Å²) in [5.74, 6) is 0.498. The van der Waals surface area contributed by atoms with E-state index in [0.29, 0.717) is 5.92 Å². The van der Waals surface area contributed by atoms with E-state index in [1.165, 1.54) is 16.7 Å². The van der Waals surface area contributed by atoms with Gasteiger partial charge in [0.05, 0.1) is 0 Å². The van der Waals surface area contributed by atoms with Gasteiger partial charge in [0.15, 0.2) is 0 Å². The van der Waals surface area contributed by atoms with E-state index >= 15 is 0 Å². The van der Waals surface area contributed by atoms with Crippen molar-refractivity contribution >= 4 is 0 Å². The second-order valence-electron chi connectivity index (χ2n) is 5.73. The Kier molecular flexibility index (Phi) is 3.31. The molecule has 2 aromatic carbocycles. The van der Waals surface area contributed by atoms with Gasteiger partial charge in [0.2, 0.25) is 0 Å². The van der Waals surface area contributed by atoms with Gasteiger partial charge in [0.1, 0.15) is 0 Å². The van der Waals surface area contributed by atoms with E-state index in [1.807, 2.05) is 0 Å². The van der Waals surface area contributed by atoms with E-state index in [0.717, 1.165) is 0 Å². The standard InChI is InChI=1S/C20H20/c1-16-10-8-9-15-20(16,2)19-14-7-6-13-18(19)17-11-4-3-5-12-17/h3-16H,1-2H3. The lowest BCUT2D eigenvalue weighted by Crippen LogP contribution is -2.28. The zero-order valence-electron chi connectivity index (χ0n) is 12.1. The van der Waals surface area contributed by atoms with Crippen LogP contribution in [0, 0.1) is 5.92 Å². The second-order valence-corrected chi connectivity index (χ2v) is 5.73. The SMILES string of the molecule is CC1C=CC=CC1(C)c1ccccc1-c1ccccc1. The summed E-state index contributed by atoms with van der Waals surface area (Å²) in [5, 5.41) is 0. The van der Waals surface area contributed by atoms with E-state index in [1.54, 1.807) is 0 Å². The maximum Gasteiger partial charge on any atom is 0.0173 e. The molecule has 2 aromatic rings. The fraction of sp³-hybridized carbons (Fsp3) is 0.200. The van der Waals surface area contributed by atoms with Crippen LogP contribution in [0.1, 0.15) is 19.4 Å². The Morgan fingerprint density at radius 2 is 1.55 bits per heavy atom. The Morgan fingerprint density at radius 3 is 2.30 bits per heavy atom. The van der Waals surface area contributed by atoms with Gasteiger partial charge in [-0.3, -0.25) is 0 Å². The van der Waals surface area contributed by atoms with Gasteiger partial charge in [-0.15, -0.1) is 0 Å². The Morgan fingerprint density at radius 1 is 0.850 bits per heavy atom. The van der Waals surface area contributed by atoms with Gasteiger partial charge >= 0.3 is 0 Å². The lowest BCUT2D eigenvalue weighted by atomic mass is 9.68. The van der Waals surface area contributed by atoms with Crippen molar-refractivity contribution in [1.29, 1.82) is 0 Å². The van der Waals surface area contributed by atoms with Crippen LogP contribution in [0.3, 0.4) is 0 Å². The third-order valence-corrected chi connectivity index (χ3v) is 4.49. The lowest BCUT2D eigenvalue weighted by Gasteiger charge is -2.35. The molecule has 2 unspecified atom stereocenters. The van der Waals surface area contributed by atoms with Gasteiger partial charge in [-0.25, -0.2) is 0 Å². The summed E-state index contributed by atoms with van der Waals surface area (Å²) in [4.78, 5) is 0. The van der Waals surface area contributed by atoms with Gasteiger partial charge in [-0.2, -0.15) is 0 Å². The van der Waals surface area contributed by atoms with Crippen molar-refractivity contribution in [2.45, 2.75) is 19.3 Å². The molecule has 100 valence electrons. The topological polar surface area (TPSA) is 0 Å². The van der Waals surface area contributed by atoms with E-state index in [-0.39, 0.29) is 5.41 Å². The lowest BCUT2D eigenvalue weighted by molar-refractivity contribution is 0.459. The van der Waals surface area contributed by atoms with Gasteiger partial charge < -0.3 is 0 Å². The van der Waals surface area contributed by atoms with Crippen LogP contribution in [0.2, 0.25) is 0 Å². The molecule has 0 amide bonds. The molecule has 20 heavy (non-hydrogen) atoms. The largest absolute Gasteiger partial charge is 0.0805 e. The summed E-state index contributed by atoms with van der Waals surface area (Å²) in [6.45, 7) is 4.63. The smallest absolute Gasteiger partial charge is 0.0173 e. The average Bonchev–Trinajstić information content (AvgIpc) is 2.51. The zero-order valence-corrected chi connectivity index (χ0v) is 12.1. The number of allylic oxidation sites excluding steroid dienone is 4. The monoisotopic (exact) mass is 260 g/mol. The summed E-state index contributed by atoms with van der Waals surface area (Å²) >= 11 is 0. The maximum atomic E-state index is 2.33. The number of rotatable bonds is 2. The molecule has 0 saturated heterocycles. The number of benzene rings is 2. The molecule has 0 fully saturated rings. The van der Waals surface area contributed by atoms with Crippen molar-refractivity contribution in [2.24, 2.45) is 5.92 Å². The second kappa shape index (κ2) is 5.13. The fourth-order valence-electron chi connectivity index (χ4n) is 3.00. The van der Waals surface area contributed by atoms with Crippen LogP contribution in [-0.2, 0) is 5.41 Å². The molecule has 0 N–H and O–H groups in total. The quantitative estimate of drug-likeness (QED) is 0.680. The molecular weight excluding hydrogens is 240 g/mol. The predicted molar refractivity (Wildman–Crippen MR) is 86.7 cm³/mol. The summed E-state index contributed by atoms with van der Waals surface area (Å²) in [6, 6.07) is 19.4. The normalized spacial score (nSPS) is 24.8. The highest BCUT2D eigenvalue weighted by Crippen LogP contribution is 2.41. The van der Waals surface area contributed by atoms with Gasteiger partial charge in [-0.05, 0) is 22.6 Å². The van der Waals surface area contributed by atoms with Crippen LogP contribution in [0.15, 0.2) is 78.9 Å². The Balaban J connectivity index is 2.16. The fourth-order valence-corrected chi connectivity index (χ4v) is 3.00. The minimum atomic E-state index is 0.0567. The van der Waals surface area contributed by atoms with Gasteiger partial charge in [0, 0.05) is 5.41 Å². The summed E-state index contributed by atoms with van der Waals surface area (Å²) in [7, 11) is 0. The van der Waals surface area contributed by atoms with Crippen molar-refractivity contribution in [3.05, 3.63) is 84.5 Å². The van der Waals surface area contributed by atoms with Crippen molar-refractivity contribution in [3.8, 4) is 11.1 Å². The van der Waals surface area contributed by atoms with Gasteiger partial charge in [-0.1, -0.05) is 92.7 Å². The van der Waals surface area contributed by atoms with Crippen LogP contribution in [-0.4, -0.2) is 0 Å². The molecule has 0 aliphatic heterocycles. The molecule has 1 aliphatic rings. The molecule has 0 heteroatoms. The zero-order chi connectivity index (χ0) is 14.0. The molecule has 0 nitrogen and oxygen atoms in total. The Hall–Kier alpha value is -2.08. The van der Waals surface area contributed by atoms with Crippen LogP contribution in [0.4, 0.5) is 0 Å². The summed E-state index contributed by atoms with van der Waals surface area (Å²) < 4.78 is 0. The van der Waals surface area contributed by atoms with E-state index in [2.05, 4.69) is 92.7 Å². The number of hydrogen-bond acceptors (Lipinski definition) is 0. The highest BCUT2D eigenvalue weighted by atomic mass is 14.3. The molecule has 0 spiro atoms. The third kappa shape index (κ3) is 2.12. The molecule has 0 bridgehead atoms. The molecule has 0 heterocycles. The third-order valence-electron chi connectivity index (χ3n) is 4.49.